The Kier molecular flexibility index (Phi) is 3.86. The number of rotatable bonds is 4. The molecule has 90 valence electrons. The van der Waals surface area contributed by atoms with Crippen molar-refractivity contribution >= 4 is 34.3 Å². The molecule has 5 heteroatoms. The monoisotopic (exact) mass is 267 g/mol. The SMILES string of the molecule is CN(C)c1ccc(NCc2ncc(Cl)s2)cc1. The number of thiazole rings is 1. The van der Waals surface area contributed by atoms with Crippen LogP contribution in [0.25, 0.3) is 0 Å². The molecule has 0 unspecified atom stereocenters. The average molecular weight is 268 g/mol. The van der Waals surface area contributed by atoms with E-state index < -0.39 is 0 Å². The summed E-state index contributed by atoms with van der Waals surface area (Å²) in [5.74, 6) is 0. The molecule has 0 saturated carbocycles. The van der Waals surface area contributed by atoms with Crippen LogP contribution in [0.1, 0.15) is 5.01 Å². The van der Waals surface area contributed by atoms with Gasteiger partial charge in [0.25, 0.3) is 0 Å². The molecule has 0 bridgehead atoms. The molecule has 0 fully saturated rings. The number of benzene rings is 1. The Balaban J connectivity index is 1.95. The Bertz CT molecular complexity index is 479. The molecule has 1 N–H and O–H groups in total. The lowest BCUT2D eigenvalue weighted by Gasteiger charge is -2.13. The van der Waals surface area contributed by atoms with Crippen molar-refractivity contribution in [2.24, 2.45) is 0 Å². The summed E-state index contributed by atoms with van der Waals surface area (Å²) in [4.78, 5) is 6.27. The largest absolute Gasteiger partial charge is 0.379 e. The van der Waals surface area contributed by atoms with Crippen LogP contribution in [-0.4, -0.2) is 19.1 Å². The third-order valence-electron chi connectivity index (χ3n) is 2.35. The van der Waals surface area contributed by atoms with Gasteiger partial charge in [0.05, 0.1) is 12.7 Å². The second-order valence-electron chi connectivity index (χ2n) is 3.85. The topological polar surface area (TPSA) is 28.2 Å². The van der Waals surface area contributed by atoms with Crippen molar-refractivity contribution in [1.82, 2.24) is 4.98 Å². The molecule has 1 aromatic carbocycles. The van der Waals surface area contributed by atoms with Crippen molar-refractivity contribution in [2.75, 3.05) is 24.3 Å². The second kappa shape index (κ2) is 5.38. The number of anilines is 2. The maximum absolute atomic E-state index is 5.82. The molecular weight excluding hydrogens is 254 g/mol. The van der Waals surface area contributed by atoms with E-state index in [0.29, 0.717) is 6.54 Å². The zero-order valence-corrected chi connectivity index (χ0v) is 11.3. The molecule has 0 spiro atoms. The molecule has 0 aliphatic carbocycles. The molecule has 2 rings (SSSR count). The van der Waals surface area contributed by atoms with Crippen LogP contribution >= 0.6 is 22.9 Å². The number of aromatic nitrogens is 1. The van der Waals surface area contributed by atoms with Crippen molar-refractivity contribution in [1.29, 1.82) is 0 Å². The zero-order chi connectivity index (χ0) is 12.3. The Morgan fingerprint density at radius 2 is 2.00 bits per heavy atom. The van der Waals surface area contributed by atoms with Gasteiger partial charge in [-0.3, -0.25) is 0 Å². The maximum atomic E-state index is 5.82. The van der Waals surface area contributed by atoms with E-state index in [4.69, 9.17) is 11.6 Å². The van der Waals surface area contributed by atoms with Gasteiger partial charge in [0.1, 0.15) is 9.34 Å². The van der Waals surface area contributed by atoms with Crippen LogP contribution in [0.3, 0.4) is 0 Å². The lowest BCUT2D eigenvalue weighted by molar-refractivity contribution is 1.10. The predicted molar refractivity (Wildman–Crippen MR) is 75.2 cm³/mol. The van der Waals surface area contributed by atoms with Gasteiger partial charge >= 0.3 is 0 Å². The van der Waals surface area contributed by atoms with Crippen LogP contribution in [-0.2, 0) is 6.54 Å². The summed E-state index contributed by atoms with van der Waals surface area (Å²) in [6, 6.07) is 8.28. The number of nitrogens with zero attached hydrogens (tertiary/aromatic N) is 2. The quantitative estimate of drug-likeness (QED) is 0.919. The summed E-state index contributed by atoms with van der Waals surface area (Å²) in [5, 5.41) is 4.30. The van der Waals surface area contributed by atoms with Gasteiger partial charge in [-0.1, -0.05) is 11.6 Å². The van der Waals surface area contributed by atoms with Crippen molar-refractivity contribution < 1.29 is 0 Å². The highest BCUT2D eigenvalue weighted by molar-refractivity contribution is 7.15. The van der Waals surface area contributed by atoms with E-state index in [2.05, 4.69) is 39.5 Å². The number of hydrogen-bond donors (Lipinski definition) is 1. The molecule has 17 heavy (non-hydrogen) atoms. The van der Waals surface area contributed by atoms with Crippen LogP contribution in [0.5, 0.6) is 0 Å². The van der Waals surface area contributed by atoms with Crippen molar-refractivity contribution in [3.05, 3.63) is 39.8 Å². The van der Waals surface area contributed by atoms with E-state index in [9.17, 15) is 0 Å². The number of hydrogen-bond acceptors (Lipinski definition) is 4. The van der Waals surface area contributed by atoms with Gasteiger partial charge in [0, 0.05) is 25.5 Å². The summed E-state index contributed by atoms with van der Waals surface area (Å²) >= 11 is 7.32. The minimum absolute atomic E-state index is 0.707. The first-order chi connectivity index (χ1) is 8.15. The van der Waals surface area contributed by atoms with E-state index in [1.54, 1.807) is 6.20 Å². The van der Waals surface area contributed by atoms with Gasteiger partial charge in [-0.2, -0.15) is 0 Å². The summed E-state index contributed by atoms with van der Waals surface area (Å²) in [7, 11) is 4.06. The first-order valence-electron chi connectivity index (χ1n) is 5.26. The molecule has 0 aliphatic heterocycles. The number of nitrogens with one attached hydrogen (secondary N) is 1. The molecule has 0 radical (unpaired) electrons. The first-order valence-corrected chi connectivity index (χ1v) is 6.46. The molecule has 0 atom stereocenters. The van der Waals surface area contributed by atoms with Crippen molar-refractivity contribution in [2.45, 2.75) is 6.54 Å². The molecule has 3 nitrogen and oxygen atoms in total. The molecule has 1 aromatic heterocycles. The van der Waals surface area contributed by atoms with Crippen LogP contribution in [0, 0.1) is 0 Å². The fourth-order valence-electron chi connectivity index (χ4n) is 1.42. The third kappa shape index (κ3) is 3.35. The van der Waals surface area contributed by atoms with Crippen LogP contribution in [0.4, 0.5) is 11.4 Å². The molecule has 0 saturated heterocycles. The third-order valence-corrected chi connectivity index (χ3v) is 3.47. The fourth-order valence-corrected chi connectivity index (χ4v) is 2.32. The summed E-state index contributed by atoms with van der Waals surface area (Å²) < 4.78 is 0.727. The highest BCUT2D eigenvalue weighted by atomic mass is 35.5. The van der Waals surface area contributed by atoms with Gasteiger partial charge < -0.3 is 10.2 Å². The highest BCUT2D eigenvalue weighted by Gasteiger charge is 2.00. The van der Waals surface area contributed by atoms with Crippen molar-refractivity contribution in [3.63, 3.8) is 0 Å². The van der Waals surface area contributed by atoms with Crippen molar-refractivity contribution in [3.8, 4) is 0 Å². The molecule has 1 heterocycles. The smallest absolute Gasteiger partial charge is 0.113 e. The summed E-state index contributed by atoms with van der Waals surface area (Å²) in [5.41, 5.74) is 2.27. The standard InChI is InChI=1S/C12H14ClN3S/c1-16(2)10-5-3-9(4-6-10)14-8-12-15-7-11(13)17-12/h3-7,14H,8H2,1-2H3. The Morgan fingerprint density at radius 1 is 1.29 bits per heavy atom. The normalized spacial score (nSPS) is 10.3. The van der Waals surface area contributed by atoms with E-state index >= 15 is 0 Å². The van der Waals surface area contributed by atoms with Crippen LogP contribution in [0.2, 0.25) is 4.34 Å². The summed E-state index contributed by atoms with van der Waals surface area (Å²) in [6.07, 6.45) is 1.68. The predicted octanol–water partition coefficient (Wildman–Crippen LogP) is 3.47. The van der Waals surface area contributed by atoms with E-state index in [1.165, 1.54) is 17.0 Å². The molecule has 0 amide bonds. The maximum Gasteiger partial charge on any atom is 0.113 e. The van der Waals surface area contributed by atoms with Gasteiger partial charge in [-0.25, -0.2) is 4.98 Å². The van der Waals surface area contributed by atoms with Crippen LogP contribution < -0.4 is 10.2 Å². The number of halogens is 1. The van der Waals surface area contributed by atoms with Gasteiger partial charge in [-0.05, 0) is 24.3 Å². The molecule has 0 aliphatic rings. The second-order valence-corrected chi connectivity index (χ2v) is 5.60. The van der Waals surface area contributed by atoms with Gasteiger partial charge in [0.15, 0.2) is 0 Å². The summed E-state index contributed by atoms with van der Waals surface area (Å²) in [6.45, 7) is 0.707. The van der Waals surface area contributed by atoms with Crippen LogP contribution in [0.15, 0.2) is 30.5 Å². The Hall–Kier alpha value is -1.26. The zero-order valence-electron chi connectivity index (χ0n) is 9.77. The Morgan fingerprint density at radius 3 is 2.53 bits per heavy atom. The molecular formula is C12H14ClN3S. The fraction of sp³-hybridized carbons (Fsp3) is 0.250. The van der Waals surface area contributed by atoms with Gasteiger partial charge in [0.2, 0.25) is 0 Å². The lowest BCUT2D eigenvalue weighted by atomic mass is 10.2. The lowest BCUT2D eigenvalue weighted by Crippen LogP contribution is -2.08. The highest BCUT2D eigenvalue weighted by Crippen LogP contribution is 2.20. The van der Waals surface area contributed by atoms with E-state index in [0.717, 1.165) is 15.0 Å². The average Bonchev–Trinajstić information content (AvgIpc) is 2.73. The van der Waals surface area contributed by atoms with Gasteiger partial charge in [-0.15, -0.1) is 11.3 Å². The minimum atomic E-state index is 0.707. The Labute approximate surface area is 110 Å². The van der Waals surface area contributed by atoms with E-state index in [-0.39, 0.29) is 0 Å². The first kappa shape index (κ1) is 12.2. The van der Waals surface area contributed by atoms with E-state index in [1.807, 2.05) is 14.1 Å². The minimum Gasteiger partial charge on any atom is -0.379 e. The molecule has 2 aromatic rings.